The quantitative estimate of drug-likeness (QED) is 0.474. The molecule has 0 saturated carbocycles. The van der Waals surface area contributed by atoms with Gasteiger partial charge in [-0.15, -0.1) is 0 Å². The van der Waals surface area contributed by atoms with Gasteiger partial charge < -0.3 is 15.5 Å². The first kappa shape index (κ1) is 22.7. The maximum atomic E-state index is 13.9. The van der Waals surface area contributed by atoms with Crippen LogP contribution in [0.2, 0.25) is 0 Å². The molecule has 184 valence electrons. The van der Waals surface area contributed by atoms with Crippen LogP contribution in [-0.2, 0) is 0 Å². The van der Waals surface area contributed by atoms with E-state index in [0.717, 1.165) is 72.6 Å². The fourth-order valence-electron chi connectivity index (χ4n) is 5.56. The summed E-state index contributed by atoms with van der Waals surface area (Å²) < 4.78 is 1.85. The van der Waals surface area contributed by atoms with Crippen molar-refractivity contribution in [2.45, 2.75) is 44.7 Å². The third kappa shape index (κ3) is 4.11. The standard InChI is InChI=1S/C28H31N7O/c1-19-17-35-26(31-27(19)33-14-11-21(29)18-33)15-24(32-35)25-10-4-5-13-34(25)28(36)23-9-3-2-8-22(23)20-7-6-12-30-16-20/h2-3,6-9,12,15-17,21,25H,4-5,10-11,13-14,18,29H2,1H3/t21-,25-/m0/s1. The van der Waals surface area contributed by atoms with Crippen molar-refractivity contribution < 1.29 is 4.79 Å². The lowest BCUT2D eigenvalue weighted by molar-refractivity contribution is 0.0606. The number of aromatic nitrogens is 4. The topological polar surface area (TPSA) is 92.6 Å². The van der Waals surface area contributed by atoms with Gasteiger partial charge in [0.05, 0.1) is 11.7 Å². The van der Waals surface area contributed by atoms with Gasteiger partial charge in [0.15, 0.2) is 5.65 Å². The molecule has 0 aliphatic carbocycles. The van der Waals surface area contributed by atoms with E-state index in [2.05, 4.69) is 16.8 Å². The van der Waals surface area contributed by atoms with Crippen LogP contribution in [-0.4, -0.2) is 56.1 Å². The molecule has 5 heterocycles. The minimum absolute atomic E-state index is 0.0343. The Morgan fingerprint density at radius 1 is 1.08 bits per heavy atom. The van der Waals surface area contributed by atoms with Crippen LogP contribution in [0.15, 0.2) is 61.1 Å². The highest BCUT2D eigenvalue weighted by Gasteiger charge is 2.32. The van der Waals surface area contributed by atoms with Crippen molar-refractivity contribution in [3.8, 4) is 11.1 Å². The zero-order valence-electron chi connectivity index (χ0n) is 20.5. The van der Waals surface area contributed by atoms with Gasteiger partial charge in [-0.3, -0.25) is 9.78 Å². The normalized spacial score (nSPS) is 20.3. The van der Waals surface area contributed by atoms with E-state index >= 15 is 0 Å². The third-order valence-corrected chi connectivity index (χ3v) is 7.38. The molecule has 2 atom stereocenters. The molecule has 2 aliphatic heterocycles. The number of pyridine rings is 1. The number of aryl methyl sites for hydroxylation is 1. The predicted molar refractivity (Wildman–Crippen MR) is 140 cm³/mol. The van der Waals surface area contributed by atoms with E-state index in [1.54, 1.807) is 12.4 Å². The average molecular weight is 482 g/mol. The van der Waals surface area contributed by atoms with Crippen LogP contribution in [0.4, 0.5) is 5.82 Å². The summed E-state index contributed by atoms with van der Waals surface area (Å²) in [6, 6.07) is 13.8. The lowest BCUT2D eigenvalue weighted by atomic mass is 9.95. The Morgan fingerprint density at radius 2 is 1.97 bits per heavy atom. The van der Waals surface area contributed by atoms with Crippen molar-refractivity contribution in [1.29, 1.82) is 0 Å². The molecule has 8 nitrogen and oxygen atoms in total. The summed E-state index contributed by atoms with van der Waals surface area (Å²) in [6.45, 7) is 4.53. The number of fused-ring (bicyclic) bond motifs is 1. The van der Waals surface area contributed by atoms with Gasteiger partial charge >= 0.3 is 0 Å². The molecule has 8 heteroatoms. The van der Waals surface area contributed by atoms with Gasteiger partial charge in [0.1, 0.15) is 5.82 Å². The number of nitrogens with zero attached hydrogens (tertiary/aromatic N) is 6. The molecule has 0 unspecified atom stereocenters. The molecule has 2 fully saturated rings. The molecule has 0 radical (unpaired) electrons. The largest absolute Gasteiger partial charge is 0.355 e. The first-order valence-electron chi connectivity index (χ1n) is 12.8. The molecule has 6 rings (SSSR count). The van der Waals surface area contributed by atoms with Crippen LogP contribution in [0.3, 0.4) is 0 Å². The zero-order valence-corrected chi connectivity index (χ0v) is 20.5. The molecule has 36 heavy (non-hydrogen) atoms. The number of likely N-dealkylation sites (tertiary alicyclic amines) is 1. The smallest absolute Gasteiger partial charge is 0.255 e. The minimum Gasteiger partial charge on any atom is -0.355 e. The molecule has 2 aliphatic rings. The van der Waals surface area contributed by atoms with Crippen molar-refractivity contribution >= 4 is 17.4 Å². The SMILES string of the molecule is Cc1cn2nc([C@@H]3CCCCN3C(=O)c3ccccc3-c3cccnc3)cc2nc1N1CC[C@H](N)C1. The van der Waals surface area contributed by atoms with Crippen LogP contribution >= 0.6 is 0 Å². The second kappa shape index (κ2) is 9.35. The monoisotopic (exact) mass is 481 g/mol. The Morgan fingerprint density at radius 3 is 2.78 bits per heavy atom. The van der Waals surface area contributed by atoms with Gasteiger partial charge in [0.2, 0.25) is 0 Å². The van der Waals surface area contributed by atoms with Gasteiger partial charge in [0, 0.05) is 67.0 Å². The van der Waals surface area contributed by atoms with Crippen molar-refractivity contribution in [2.24, 2.45) is 5.73 Å². The molecule has 0 bridgehead atoms. The van der Waals surface area contributed by atoms with Crippen LogP contribution in [0.25, 0.3) is 16.8 Å². The van der Waals surface area contributed by atoms with Gasteiger partial charge in [-0.25, -0.2) is 9.50 Å². The Balaban J connectivity index is 1.34. The first-order valence-corrected chi connectivity index (χ1v) is 12.8. The Labute approximate surface area is 210 Å². The highest BCUT2D eigenvalue weighted by molar-refractivity contribution is 6.01. The Kier molecular flexibility index (Phi) is 5.89. The number of carbonyl (C=O) groups is 1. The summed E-state index contributed by atoms with van der Waals surface area (Å²) in [7, 11) is 0. The number of benzene rings is 1. The minimum atomic E-state index is -0.0844. The van der Waals surface area contributed by atoms with Gasteiger partial charge in [-0.2, -0.15) is 5.10 Å². The van der Waals surface area contributed by atoms with E-state index < -0.39 is 0 Å². The molecule has 2 saturated heterocycles. The molecule has 3 aromatic heterocycles. The Bertz CT molecular complexity index is 1400. The van der Waals surface area contributed by atoms with Crippen LogP contribution in [0.5, 0.6) is 0 Å². The maximum Gasteiger partial charge on any atom is 0.255 e. The van der Waals surface area contributed by atoms with Crippen LogP contribution in [0.1, 0.15) is 53.3 Å². The summed E-state index contributed by atoms with van der Waals surface area (Å²) >= 11 is 0. The summed E-state index contributed by atoms with van der Waals surface area (Å²) in [5.74, 6) is 1.01. The highest BCUT2D eigenvalue weighted by Crippen LogP contribution is 2.34. The van der Waals surface area contributed by atoms with E-state index in [-0.39, 0.29) is 18.0 Å². The number of nitrogens with two attached hydrogens (primary N) is 1. The number of amides is 1. The van der Waals surface area contributed by atoms with Gasteiger partial charge in [0.25, 0.3) is 5.91 Å². The first-order chi connectivity index (χ1) is 17.6. The van der Waals surface area contributed by atoms with Crippen LogP contribution in [0, 0.1) is 6.92 Å². The lowest BCUT2D eigenvalue weighted by Crippen LogP contribution is -2.39. The number of hydrogen-bond acceptors (Lipinski definition) is 6. The van der Waals surface area contributed by atoms with Crippen molar-refractivity contribution in [1.82, 2.24) is 24.5 Å². The maximum absolute atomic E-state index is 13.9. The molecule has 1 aromatic carbocycles. The molecular formula is C28H31N7O. The second-order valence-electron chi connectivity index (χ2n) is 9.91. The zero-order chi connectivity index (χ0) is 24.6. The number of anilines is 1. The predicted octanol–water partition coefficient (Wildman–Crippen LogP) is 4.00. The third-order valence-electron chi connectivity index (χ3n) is 7.38. The van der Waals surface area contributed by atoms with Gasteiger partial charge in [-0.1, -0.05) is 24.3 Å². The molecule has 2 N–H and O–H groups in total. The van der Waals surface area contributed by atoms with E-state index in [1.807, 2.05) is 58.1 Å². The second-order valence-corrected chi connectivity index (χ2v) is 9.91. The number of hydrogen-bond donors (Lipinski definition) is 1. The number of piperidine rings is 1. The van der Waals surface area contributed by atoms with Crippen molar-refractivity contribution in [3.05, 3.63) is 77.9 Å². The molecule has 0 spiro atoms. The van der Waals surface area contributed by atoms with Crippen LogP contribution < -0.4 is 10.6 Å². The highest BCUT2D eigenvalue weighted by atomic mass is 16.2. The summed E-state index contributed by atoms with van der Waals surface area (Å²) in [4.78, 5) is 27.4. The summed E-state index contributed by atoms with van der Waals surface area (Å²) in [6.07, 6.45) is 9.51. The summed E-state index contributed by atoms with van der Waals surface area (Å²) in [5.41, 5.74) is 11.5. The van der Waals surface area contributed by atoms with E-state index in [9.17, 15) is 4.79 Å². The fraction of sp³-hybridized carbons (Fsp3) is 0.357. The molecule has 4 aromatic rings. The van der Waals surface area contributed by atoms with Gasteiger partial charge in [-0.05, 0) is 50.3 Å². The van der Waals surface area contributed by atoms with E-state index in [1.165, 1.54) is 0 Å². The average Bonchev–Trinajstić information content (AvgIpc) is 3.54. The summed E-state index contributed by atoms with van der Waals surface area (Å²) in [5, 5.41) is 4.89. The fourth-order valence-corrected chi connectivity index (χ4v) is 5.56. The van der Waals surface area contributed by atoms with E-state index in [0.29, 0.717) is 12.1 Å². The molecular weight excluding hydrogens is 450 g/mol. The lowest BCUT2D eigenvalue weighted by Gasteiger charge is -2.35. The number of carbonyl (C=O) groups excluding carboxylic acids is 1. The van der Waals surface area contributed by atoms with E-state index in [4.69, 9.17) is 15.8 Å². The number of rotatable bonds is 4. The van der Waals surface area contributed by atoms with Crippen molar-refractivity contribution in [2.75, 3.05) is 24.5 Å². The van der Waals surface area contributed by atoms with Crippen molar-refractivity contribution in [3.63, 3.8) is 0 Å². The Hall–Kier alpha value is -3.78. The molecule has 1 amide bonds.